The van der Waals surface area contributed by atoms with Gasteiger partial charge < -0.3 is 20.5 Å². The minimum Gasteiger partial charge on any atom is -0.489 e. The first-order valence-corrected chi connectivity index (χ1v) is 6.41. The van der Waals surface area contributed by atoms with E-state index >= 15 is 0 Å². The van der Waals surface area contributed by atoms with Crippen LogP contribution >= 0.6 is 0 Å². The Hall–Kier alpha value is -1.42. The lowest BCUT2D eigenvalue weighted by molar-refractivity contribution is 0.185. The molecule has 18 heavy (non-hydrogen) atoms. The predicted octanol–water partition coefficient (Wildman–Crippen LogP) is 2.65. The summed E-state index contributed by atoms with van der Waals surface area (Å²) in [6.07, 6.45) is 1.13. The Labute approximate surface area is 108 Å². The number of rotatable bonds is 4. The van der Waals surface area contributed by atoms with Crippen molar-refractivity contribution in [3.05, 3.63) is 18.2 Å². The lowest BCUT2D eigenvalue weighted by atomic mass is 10.0. The normalized spacial score (nSPS) is 23.3. The fourth-order valence-corrected chi connectivity index (χ4v) is 2.08. The third kappa shape index (κ3) is 3.07. The Morgan fingerprint density at radius 1 is 1.44 bits per heavy atom. The first-order valence-electron chi connectivity index (χ1n) is 6.41. The number of benzene rings is 1. The van der Waals surface area contributed by atoms with Gasteiger partial charge in [-0.1, -0.05) is 0 Å². The van der Waals surface area contributed by atoms with Crippen LogP contribution in [0.1, 0.15) is 27.2 Å². The van der Waals surface area contributed by atoms with Gasteiger partial charge in [-0.25, -0.2) is 0 Å². The average Bonchev–Trinajstić information content (AvgIpc) is 2.69. The van der Waals surface area contributed by atoms with E-state index in [1.54, 1.807) is 0 Å². The van der Waals surface area contributed by atoms with Crippen molar-refractivity contribution in [2.75, 3.05) is 24.3 Å². The summed E-state index contributed by atoms with van der Waals surface area (Å²) < 4.78 is 11.1. The molecule has 1 aliphatic rings. The summed E-state index contributed by atoms with van der Waals surface area (Å²) in [5.74, 6) is 0.734. The van der Waals surface area contributed by atoms with E-state index in [9.17, 15) is 0 Å². The van der Waals surface area contributed by atoms with Crippen LogP contribution in [-0.2, 0) is 4.74 Å². The quantitative estimate of drug-likeness (QED) is 0.807. The van der Waals surface area contributed by atoms with E-state index in [1.165, 1.54) is 0 Å². The molecule has 1 atom stereocenters. The highest BCUT2D eigenvalue weighted by molar-refractivity contribution is 5.62. The summed E-state index contributed by atoms with van der Waals surface area (Å²) in [5.41, 5.74) is 7.60. The molecule has 4 nitrogen and oxygen atoms in total. The zero-order valence-corrected chi connectivity index (χ0v) is 11.3. The molecule has 1 fully saturated rings. The van der Waals surface area contributed by atoms with E-state index in [0.717, 1.165) is 31.1 Å². The monoisotopic (exact) mass is 250 g/mol. The molecule has 100 valence electrons. The molecule has 1 unspecified atom stereocenters. The highest BCUT2D eigenvalue weighted by Crippen LogP contribution is 2.30. The van der Waals surface area contributed by atoms with Crippen LogP contribution in [0, 0.1) is 0 Å². The highest BCUT2D eigenvalue weighted by Gasteiger charge is 2.29. The minimum atomic E-state index is 0.00517. The number of hydrogen-bond acceptors (Lipinski definition) is 4. The van der Waals surface area contributed by atoms with E-state index in [0.29, 0.717) is 5.69 Å². The van der Waals surface area contributed by atoms with Gasteiger partial charge in [-0.2, -0.15) is 0 Å². The molecule has 0 saturated carbocycles. The van der Waals surface area contributed by atoms with Crippen molar-refractivity contribution in [1.29, 1.82) is 0 Å². The largest absolute Gasteiger partial charge is 0.489 e. The maximum absolute atomic E-state index is 5.90. The zero-order chi connectivity index (χ0) is 13.2. The first-order chi connectivity index (χ1) is 8.48. The third-order valence-corrected chi connectivity index (χ3v) is 3.04. The Bertz CT molecular complexity index is 412. The molecule has 0 amide bonds. The van der Waals surface area contributed by atoms with Crippen LogP contribution in [0.3, 0.4) is 0 Å². The SMILES string of the molecule is CC(C)Oc1cc(NC2(C)CCOC2)ccc1N. The van der Waals surface area contributed by atoms with Gasteiger partial charge in [-0.3, -0.25) is 0 Å². The second kappa shape index (κ2) is 5.06. The van der Waals surface area contributed by atoms with Crippen molar-refractivity contribution >= 4 is 11.4 Å². The second-order valence-corrected chi connectivity index (χ2v) is 5.41. The number of nitrogen functional groups attached to an aromatic ring is 1. The van der Waals surface area contributed by atoms with Crippen LogP contribution in [0.2, 0.25) is 0 Å². The average molecular weight is 250 g/mol. The maximum Gasteiger partial charge on any atom is 0.144 e. The fourth-order valence-electron chi connectivity index (χ4n) is 2.08. The van der Waals surface area contributed by atoms with Gasteiger partial charge in [0.25, 0.3) is 0 Å². The van der Waals surface area contributed by atoms with Crippen LogP contribution in [0.5, 0.6) is 5.75 Å². The van der Waals surface area contributed by atoms with Gasteiger partial charge in [0.1, 0.15) is 5.75 Å². The molecular formula is C14H22N2O2. The minimum absolute atomic E-state index is 0.00517. The Morgan fingerprint density at radius 3 is 2.83 bits per heavy atom. The van der Waals surface area contributed by atoms with Gasteiger partial charge in [-0.05, 0) is 39.3 Å². The fraction of sp³-hybridized carbons (Fsp3) is 0.571. The van der Waals surface area contributed by atoms with Gasteiger partial charge in [0.15, 0.2) is 0 Å². The number of nitrogens with one attached hydrogen (secondary N) is 1. The summed E-state index contributed by atoms with van der Waals surface area (Å²) in [4.78, 5) is 0. The molecule has 0 aromatic heterocycles. The molecule has 0 radical (unpaired) electrons. The lowest BCUT2D eigenvalue weighted by Gasteiger charge is -2.25. The van der Waals surface area contributed by atoms with Crippen LogP contribution in [0.4, 0.5) is 11.4 Å². The van der Waals surface area contributed by atoms with Gasteiger partial charge in [0.2, 0.25) is 0 Å². The maximum atomic E-state index is 5.90. The van der Waals surface area contributed by atoms with Crippen molar-refractivity contribution in [2.45, 2.75) is 38.8 Å². The standard InChI is InChI=1S/C14H22N2O2/c1-10(2)18-13-8-11(4-5-12(13)15)16-14(3)6-7-17-9-14/h4-5,8,10,16H,6-7,9,15H2,1-3H3. The van der Waals surface area contributed by atoms with Gasteiger partial charge in [0.05, 0.1) is 23.9 Å². The van der Waals surface area contributed by atoms with Gasteiger partial charge in [-0.15, -0.1) is 0 Å². The molecule has 3 N–H and O–H groups in total. The Morgan fingerprint density at radius 2 is 2.22 bits per heavy atom. The molecule has 1 aromatic rings. The molecule has 2 rings (SSSR count). The number of anilines is 2. The van der Waals surface area contributed by atoms with Gasteiger partial charge >= 0.3 is 0 Å². The van der Waals surface area contributed by atoms with Crippen LogP contribution in [-0.4, -0.2) is 24.9 Å². The lowest BCUT2D eigenvalue weighted by Crippen LogP contribution is -2.34. The molecule has 0 aliphatic carbocycles. The van der Waals surface area contributed by atoms with Gasteiger partial charge in [0, 0.05) is 18.4 Å². The molecule has 1 heterocycles. The Balaban J connectivity index is 2.13. The summed E-state index contributed by atoms with van der Waals surface area (Å²) in [6, 6.07) is 5.81. The molecular weight excluding hydrogens is 228 g/mol. The van der Waals surface area contributed by atoms with E-state index < -0.39 is 0 Å². The van der Waals surface area contributed by atoms with E-state index in [1.807, 2.05) is 32.0 Å². The van der Waals surface area contributed by atoms with Crippen LogP contribution in [0.25, 0.3) is 0 Å². The number of hydrogen-bond donors (Lipinski definition) is 2. The topological polar surface area (TPSA) is 56.5 Å². The molecule has 4 heteroatoms. The van der Waals surface area contributed by atoms with Crippen molar-refractivity contribution in [2.24, 2.45) is 0 Å². The zero-order valence-electron chi connectivity index (χ0n) is 11.3. The second-order valence-electron chi connectivity index (χ2n) is 5.41. The van der Waals surface area contributed by atoms with E-state index in [-0.39, 0.29) is 11.6 Å². The smallest absolute Gasteiger partial charge is 0.144 e. The molecule has 1 saturated heterocycles. The van der Waals surface area contributed by atoms with Crippen LogP contribution < -0.4 is 15.8 Å². The highest BCUT2D eigenvalue weighted by atomic mass is 16.5. The molecule has 0 bridgehead atoms. The number of nitrogens with two attached hydrogens (primary N) is 1. The summed E-state index contributed by atoms with van der Waals surface area (Å²) >= 11 is 0. The summed E-state index contributed by atoms with van der Waals surface area (Å²) in [6.45, 7) is 7.70. The molecule has 1 aromatic carbocycles. The van der Waals surface area contributed by atoms with E-state index in [4.69, 9.17) is 15.2 Å². The molecule has 1 aliphatic heterocycles. The third-order valence-electron chi connectivity index (χ3n) is 3.04. The van der Waals surface area contributed by atoms with Crippen molar-refractivity contribution in [3.8, 4) is 5.75 Å². The first kappa shape index (κ1) is 13.0. The summed E-state index contributed by atoms with van der Waals surface area (Å²) in [5, 5.41) is 3.50. The predicted molar refractivity (Wildman–Crippen MR) is 74.1 cm³/mol. The van der Waals surface area contributed by atoms with Crippen molar-refractivity contribution in [1.82, 2.24) is 0 Å². The van der Waals surface area contributed by atoms with Crippen molar-refractivity contribution in [3.63, 3.8) is 0 Å². The van der Waals surface area contributed by atoms with Crippen LogP contribution in [0.15, 0.2) is 18.2 Å². The van der Waals surface area contributed by atoms with E-state index in [2.05, 4.69) is 12.2 Å². The molecule has 0 spiro atoms. The number of ether oxygens (including phenoxy) is 2. The Kier molecular flexibility index (Phi) is 3.66. The van der Waals surface area contributed by atoms with Crippen molar-refractivity contribution < 1.29 is 9.47 Å². The summed E-state index contributed by atoms with van der Waals surface area (Å²) in [7, 11) is 0.